The molecular formula is C13H9F3N2O4S. The number of rotatable bonds is 3. The molecule has 0 aliphatic heterocycles. The van der Waals surface area contributed by atoms with Crippen molar-refractivity contribution in [2.75, 3.05) is 5.73 Å². The summed E-state index contributed by atoms with van der Waals surface area (Å²) in [5, 5.41) is 11.0. The molecule has 0 heterocycles. The van der Waals surface area contributed by atoms with E-state index in [1.807, 2.05) is 0 Å². The first-order valence-corrected chi connectivity index (χ1v) is 7.48. The first kappa shape index (κ1) is 16.7. The fourth-order valence-electron chi connectivity index (χ4n) is 1.84. The van der Waals surface area contributed by atoms with E-state index in [2.05, 4.69) is 0 Å². The maximum Gasteiger partial charge on any atom is 0.416 e. The van der Waals surface area contributed by atoms with E-state index in [-0.39, 0.29) is 16.6 Å². The Morgan fingerprint density at radius 1 is 1.04 bits per heavy atom. The summed E-state index contributed by atoms with van der Waals surface area (Å²) in [5.74, 6) is 0. The Kier molecular flexibility index (Phi) is 4.03. The van der Waals surface area contributed by atoms with Crippen molar-refractivity contribution in [1.82, 2.24) is 0 Å². The predicted octanol–water partition coefficient (Wildman–Crippen LogP) is 3.03. The molecule has 0 unspecified atom stereocenters. The summed E-state index contributed by atoms with van der Waals surface area (Å²) < 4.78 is 62.7. The van der Waals surface area contributed by atoms with Crippen LogP contribution < -0.4 is 5.73 Å². The normalized spacial score (nSPS) is 12.1. The van der Waals surface area contributed by atoms with Crippen LogP contribution in [0.25, 0.3) is 0 Å². The number of hydrogen-bond acceptors (Lipinski definition) is 5. The molecule has 0 bridgehead atoms. The van der Waals surface area contributed by atoms with E-state index in [0.29, 0.717) is 12.1 Å². The van der Waals surface area contributed by atoms with Crippen LogP contribution in [0.15, 0.2) is 52.3 Å². The molecule has 2 N–H and O–H groups in total. The summed E-state index contributed by atoms with van der Waals surface area (Å²) in [4.78, 5) is 8.69. The molecule has 2 aromatic rings. The lowest BCUT2D eigenvalue weighted by Gasteiger charge is -2.09. The van der Waals surface area contributed by atoms with E-state index >= 15 is 0 Å². The Morgan fingerprint density at radius 2 is 1.61 bits per heavy atom. The highest BCUT2D eigenvalue weighted by Crippen LogP contribution is 2.36. The van der Waals surface area contributed by atoms with Crippen LogP contribution >= 0.6 is 0 Å². The molecule has 122 valence electrons. The Hall–Kier alpha value is -2.62. The number of nitrogens with zero attached hydrogens (tertiary/aromatic N) is 1. The summed E-state index contributed by atoms with van der Waals surface area (Å²) in [6, 6.07) is 6.03. The SMILES string of the molecule is Nc1ccc(S(=O)(=O)c2ccc(C(F)(F)F)cc2[N+](=O)[O-])cc1. The van der Waals surface area contributed by atoms with Gasteiger partial charge in [-0.15, -0.1) is 0 Å². The molecule has 2 aromatic carbocycles. The minimum Gasteiger partial charge on any atom is -0.399 e. The zero-order chi connectivity index (χ0) is 17.4. The average Bonchev–Trinajstić information content (AvgIpc) is 2.46. The van der Waals surface area contributed by atoms with Crippen molar-refractivity contribution in [3.63, 3.8) is 0 Å². The minimum atomic E-state index is -4.83. The maximum atomic E-state index is 12.6. The highest BCUT2D eigenvalue weighted by molar-refractivity contribution is 7.91. The molecule has 6 nitrogen and oxygen atoms in total. The van der Waals surface area contributed by atoms with Gasteiger partial charge in [-0.2, -0.15) is 13.2 Å². The molecule has 2 rings (SSSR count). The van der Waals surface area contributed by atoms with Crippen LogP contribution in [-0.4, -0.2) is 13.3 Å². The third-order valence-electron chi connectivity index (χ3n) is 2.96. The Labute approximate surface area is 128 Å². The van der Waals surface area contributed by atoms with Crippen LogP contribution in [0.4, 0.5) is 24.5 Å². The number of nitro groups is 1. The molecule has 0 amide bonds. The summed E-state index contributed by atoms with van der Waals surface area (Å²) >= 11 is 0. The van der Waals surface area contributed by atoms with Crippen molar-refractivity contribution in [3.8, 4) is 0 Å². The van der Waals surface area contributed by atoms with Gasteiger partial charge in [0.25, 0.3) is 5.69 Å². The quantitative estimate of drug-likeness (QED) is 0.523. The van der Waals surface area contributed by atoms with Gasteiger partial charge in [0.05, 0.1) is 15.4 Å². The predicted molar refractivity (Wildman–Crippen MR) is 74.4 cm³/mol. The van der Waals surface area contributed by atoms with Gasteiger partial charge in [-0.25, -0.2) is 8.42 Å². The molecule has 0 atom stereocenters. The number of benzene rings is 2. The Morgan fingerprint density at radius 3 is 2.09 bits per heavy atom. The maximum absolute atomic E-state index is 12.6. The van der Waals surface area contributed by atoms with Gasteiger partial charge < -0.3 is 5.73 Å². The molecule has 0 saturated heterocycles. The number of hydrogen-bond donors (Lipinski definition) is 1. The number of alkyl halides is 3. The Balaban J connectivity index is 2.67. The lowest BCUT2D eigenvalue weighted by atomic mass is 10.2. The first-order valence-electron chi connectivity index (χ1n) is 6.00. The van der Waals surface area contributed by atoms with E-state index in [4.69, 9.17) is 5.73 Å². The van der Waals surface area contributed by atoms with E-state index < -0.39 is 37.1 Å². The van der Waals surface area contributed by atoms with Gasteiger partial charge in [0.15, 0.2) is 0 Å². The van der Waals surface area contributed by atoms with Crippen molar-refractivity contribution in [3.05, 3.63) is 58.1 Å². The van der Waals surface area contributed by atoms with Crippen LogP contribution in [0.2, 0.25) is 0 Å². The van der Waals surface area contributed by atoms with E-state index in [1.165, 1.54) is 12.1 Å². The summed E-state index contributed by atoms with van der Waals surface area (Å²) in [7, 11) is -4.36. The molecule has 0 aromatic heterocycles. The van der Waals surface area contributed by atoms with Crippen LogP contribution in [0.3, 0.4) is 0 Å². The van der Waals surface area contributed by atoms with Crippen molar-refractivity contribution >= 4 is 21.2 Å². The van der Waals surface area contributed by atoms with E-state index in [1.54, 1.807) is 0 Å². The molecule has 10 heteroatoms. The number of sulfone groups is 1. The van der Waals surface area contributed by atoms with Gasteiger partial charge in [-0.1, -0.05) is 0 Å². The van der Waals surface area contributed by atoms with Crippen LogP contribution in [0.1, 0.15) is 5.56 Å². The zero-order valence-corrected chi connectivity index (χ0v) is 12.1. The number of nitro benzene ring substituents is 1. The van der Waals surface area contributed by atoms with Gasteiger partial charge in [0, 0.05) is 11.8 Å². The summed E-state index contributed by atoms with van der Waals surface area (Å²) in [6.07, 6.45) is -4.83. The van der Waals surface area contributed by atoms with Crippen LogP contribution in [-0.2, 0) is 16.0 Å². The number of anilines is 1. The van der Waals surface area contributed by atoms with Gasteiger partial charge in [-0.3, -0.25) is 10.1 Å². The molecule has 0 aliphatic rings. The largest absolute Gasteiger partial charge is 0.416 e. The van der Waals surface area contributed by atoms with Gasteiger partial charge in [0.2, 0.25) is 9.84 Å². The summed E-state index contributed by atoms with van der Waals surface area (Å²) in [5.41, 5.74) is 3.25. The number of nitrogen functional groups attached to an aromatic ring is 1. The van der Waals surface area contributed by atoms with Crippen LogP contribution in [0.5, 0.6) is 0 Å². The number of nitrogens with two attached hydrogens (primary N) is 1. The molecule has 0 fully saturated rings. The highest BCUT2D eigenvalue weighted by Gasteiger charge is 2.35. The second-order valence-electron chi connectivity index (χ2n) is 4.51. The molecule has 0 saturated carbocycles. The smallest absolute Gasteiger partial charge is 0.399 e. The van der Waals surface area contributed by atoms with Crippen molar-refractivity contribution in [1.29, 1.82) is 0 Å². The third-order valence-corrected chi connectivity index (χ3v) is 4.78. The highest BCUT2D eigenvalue weighted by atomic mass is 32.2. The second kappa shape index (κ2) is 5.54. The lowest BCUT2D eigenvalue weighted by molar-refractivity contribution is -0.388. The van der Waals surface area contributed by atoms with Gasteiger partial charge >= 0.3 is 6.18 Å². The topological polar surface area (TPSA) is 103 Å². The average molecular weight is 346 g/mol. The minimum absolute atomic E-state index is 0.199. The molecule has 23 heavy (non-hydrogen) atoms. The molecule has 0 aliphatic carbocycles. The molecular weight excluding hydrogens is 337 g/mol. The third kappa shape index (κ3) is 3.26. The first-order chi connectivity index (χ1) is 10.5. The molecule has 0 radical (unpaired) electrons. The second-order valence-corrected chi connectivity index (χ2v) is 6.43. The summed E-state index contributed by atoms with van der Waals surface area (Å²) in [6.45, 7) is 0. The fraction of sp³-hybridized carbons (Fsp3) is 0.0769. The van der Waals surface area contributed by atoms with Crippen LogP contribution in [0, 0.1) is 10.1 Å². The number of halogens is 3. The van der Waals surface area contributed by atoms with E-state index in [0.717, 1.165) is 12.1 Å². The molecule has 0 spiro atoms. The fourth-order valence-corrected chi connectivity index (χ4v) is 3.24. The Bertz CT molecular complexity index is 862. The monoisotopic (exact) mass is 346 g/mol. The van der Waals surface area contributed by atoms with Gasteiger partial charge in [-0.05, 0) is 36.4 Å². The van der Waals surface area contributed by atoms with Gasteiger partial charge in [0.1, 0.15) is 4.90 Å². The van der Waals surface area contributed by atoms with Crippen molar-refractivity contribution in [2.24, 2.45) is 0 Å². The standard InChI is InChI=1S/C13H9F3N2O4S/c14-13(15,16)8-1-6-12(11(7-8)18(19)20)23(21,22)10-4-2-9(17)3-5-10/h1-7H,17H2. The van der Waals surface area contributed by atoms with E-state index in [9.17, 15) is 31.7 Å². The van der Waals surface area contributed by atoms with Crippen molar-refractivity contribution < 1.29 is 26.5 Å². The lowest BCUT2D eigenvalue weighted by Crippen LogP contribution is -2.10. The van der Waals surface area contributed by atoms with Crippen molar-refractivity contribution in [2.45, 2.75) is 16.0 Å². The zero-order valence-electron chi connectivity index (χ0n) is 11.2.